The average molecular weight is 319 g/mol. The van der Waals surface area contributed by atoms with Crippen molar-refractivity contribution in [2.75, 3.05) is 6.54 Å². The summed E-state index contributed by atoms with van der Waals surface area (Å²) in [6.45, 7) is 0.0281. The number of nitrogens with zero attached hydrogens (tertiary/aromatic N) is 1. The molecule has 1 aromatic carbocycles. The lowest BCUT2D eigenvalue weighted by Gasteiger charge is -2.05. The Hall–Kier alpha value is -1.31. The van der Waals surface area contributed by atoms with Crippen LogP contribution in [0.5, 0.6) is 0 Å². The van der Waals surface area contributed by atoms with Gasteiger partial charge in [0.05, 0.1) is 12.1 Å². The first-order valence-electron chi connectivity index (χ1n) is 4.14. The zero-order valence-electron chi connectivity index (χ0n) is 7.77. The van der Waals surface area contributed by atoms with Crippen LogP contribution < -0.4 is 11.1 Å². The molecule has 0 aliphatic rings. The third-order valence-electron chi connectivity index (χ3n) is 1.68. The highest BCUT2D eigenvalue weighted by atomic mass is 127. The number of carbonyl (C=O) groups excluding carboxylic acids is 1. The van der Waals surface area contributed by atoms with Crippen LogP contribution in [-0.4, -0.2) is 23.5 Å². The quantitative estimate of drug-likeness (QED) is 0.253. The van der Waals surface area contributed by atoms with Crippen LogP contribution in [0.2, 0.25) is 0 Å². The molecule has 0 unspecified atom stereocenters. The van der Waals surface area contributed by atoms with E-state index in [4.69, 9.17) is 10.9 Å². The number of hydrogen-bond donors (Lipinski definition) is 3. The lowest BCUT2D eigenvalue weighted by atomic mass is 10.2. The molecule has 0 saturated heterocycles. The molecule has 0 bridgehead atoms. The summed E-state index contributed by atoms with van der Waals surface area (Å²) < 4.78 is 0.854. The summed E-state index contributed by atoms with van der Waals surface area (Å²) in [5, 5.41) is 13.6. The average Bonchev–Trinajstić information content (AvgIpc) is 2.26. The van der Waals surface area contributed by atoms with Crippen molar-refractivity contribution in [1.82, 2.24) is 5.32 Å². The van der Waals surface area contributed by atoms with Gasteiger partial charge >= 0.3 is 0 Å². The molecule has 1 amide bonds. The van der Waals surface area contributed by atoms with E-state index in [9.17, 15) is 4.79 Å². The van der Waals surface area contributed by atoms with Crippen LogP contribution in [0.15, 0.2) is 29.4 Å². The van der Waals surface area contributed by atoms with Crippen molar-refractivity contribution < 1.29 is 10.0 Å². The Morgan fingerprint density at radius 3 is 2.80 bits per heavy atom. The number of hydrogen-bond acceptors (Lipinski definition) is 3. The molecule has 0 radical (unpaired) electrons. The van der Waals surface area contributed by atoms with Crippen molar-refractivity contribution >= 4 is 34.3 Å². The number of rotatable bonds is 3. The van der Waals surface area contributed by atoms with Crippen molar-refractivity contribution in [3.63, 3.8) is 0 Å². The Bertz CT molecular complexity index is 393. The highest BCUT2D eigenvalue weighted by molar-refractivity contribution is 14.1. The first kappa shape index (κ1) is 11.8. The molecule has 0 aliphatic carbocycles. The van der Waals surface area contributed by atoms with Gasteiger partial charge < -0.3 is 16.3 Å². The summed E-state index contributed by atoms with van der Waals surface area (Å²) in [4.78, 5) is 11.6. The van der Waals surface area contributed by atoms with Gasteiger partial charge in [0.15, 0.2) is 5.84 Å². The molecule has 1 rings (SSSR count). The van der Waals surface area contributed by atoms with E-state index in [1.807, 2.05) is 12.1 Å². The van der Waals surface area contributed by atoms with Crippen molar-refractivity contribution in [3.8, 4) is 0 Å². The highest BCUT2D eigenvalue weighted by Crippen LogP contribution is 2.10. The standard InChI is InChI=1S/C9H10IN3O2/c10-7-4-2-1-3-6(7)9(14)12-5-8(11)13-15/h1-4,15H,5H2,(H2,11,13)(H,12,14). The van der Waals surface area contributed by atoms with Gasteiger partial charge in [0.25, 0.3) is 5.91 Å². The smallest absolute Gasteiger partial charge is 0.252 e. The molecule has 0 fully saturated rings. The summed E-state index contributed by atoms with van der Waals surface area (Å²) in [6, 6.07) is 7.17. The van der Waals surface area contributed by atoms with Crippen LogP contribution in [-0.2, 0) is 0 Å². The van der Waals surface area contributed by atoms with Crippen molar-refractivity contribution in [3.05, 3.63) is 33.4 Å². The lowest BCUT2D eigenvalue weighted by Crippen LogP contribution is -2.33. The third kappa shape index (κ3) is 3.39. The number of carbonyl (C=O) groups is 1. The van der Waals surface area contributed by atoms with Crippen molar-refractivity contribution in [1.29, 1.82) is 0 Å². The van der Waals surface area contributed by atoms with Crippen molar-refractivity contribution in [2.45, 2.75) is 0 Å². The third-order valence-corrected chi connectivity index (χ3v) is 2.62. The summed E-state index contributed by atoms with van der Waals surface area (Å²) in [5.41, 5.74) is 5.79. The van der Waals surface area contributed by atoms with E-state index in [1.54, 1.807) is 12.1 Å². The first-order chi connectivity index (χ1) is 7.15. The minimum atomic E-state index is -0.244. The number of amides is 1. The summed E-state index contributed by atoms with van der Waals surface area (Å²) >= 11 is 2.07. The maximum atomic E-state index is 11.6. The maximum Gasteiger partial charge on any atom is 0.252 e. The monoisotopic (exact) mass is 319 g/mol. The first-order valence-corrected chi connectivity index (χ1v) is 5.22. The molecule has 0 saturated carbocycles. The van der Waals surface area contributed by atoms with Crippen LogP contribution >= 0.6 is 22.6 Å². The van der Waals surface area contributed by atoms with Crippen molar-refractivity contribution in [2.24, 2.45) is 10.9 Å². The Labute approximate surface area is 100 Å². The Morgan fingerprint density at radius 1 is 1.53 bits per heavy atom. The number of nitrogens with two attached hydrogens (primary N) is 1. The van der Waals surface area contributed by atoms with Gasteiger partial charge in [-0.1, -0.05) is 17.3 Å². The molecule has 5 nitrogen and oxygen atoms in total. The van der Waals surface area contributed by atoms with E-state index in [-0.39, 0.29) is 18.3 Å². The normalized spacial score (nSPS) is 11.1. The van der Waals surface area contributed by atoms with Gasteiger partial charge in [-0.25, -0.2) is 0 Å². The predicted molar refractivity (Wildman–Crippen MR) is 64.9 cm³/mol. The van der Waals surface area contributed by atoms with Crippen LogP contribution in [0.1, 0.15) is 10.4 Å². The molecular formula is C9H10IN3O2. The van der Waals surface area contributed by atoms with E-state index in [1.165, 1.54) is 0 Å². The molecule has 0 aliphatic heterocycles. The van der Waals surface area contributed by atoms with E-state index in [0.717, 1.165) is 3.57 Å². The fourth-order valence-corrected chi connectivity index (χ4v) is 1.58. The minimum absolute atomic E-state index is 0.0281. The second kappa shape index (κ2) is 5.54. The number of nitrogens with one attached hydrogen (secondary N) is 1. The topological polar surface area (TPSA) is 87.7 Å². The fourth-order valence-electron chi connectivity index (χ4n) is 0.947. The summed E-state index contributed by atoms with van der Waals surface area (Å²) in [6.07, 6.45) is 0. The largest absolute Gasteiger partial charge is 0.409 e. The lowest BCUT2D eigenvalue weighted by molar-refractivity contribution is 0.0958. The predicted octanol–water partition coefficient (Wildman–Crippen LogP) is 0.767. The maximum absolute atomic E-state index is 11.6. The number of oxime groups is 1. The second-order valence-electron chi connectivity index (χ2n) is 2.75. The van der Waals surface area contributed by atoms with E-state index in [0.29, 0.717) is 5.56 Å². The van der Waals surface area contributed by atoms with Gasteiger partial charge in [-0.15, -0.1) is 0 Å². The highest BCUT2D eigenvalue weighted by Gasteiger charge is 2.08. The van der Waals surface area contributed by atoms with Crippen LogP contribution in [0, 0.1) is 3.57 Å². The van der Waals surface area contributed by atoms with Crippen LogP contribution in [0.3, 0.4) is 0 Å². The van der Waals surface area contributed by atoms with Gasteiger partial charge in [0.2, 0.25) is 0 Å². The zero-order chi connectivity index (χ0) is 11.3. The van der Waals surface area contributed by atoms with Gasteiger partial charge in [-0.05, 0) is 34.7 Å². The molecule has 4 N–H and O–H groups in total. The molecule has 0 heterocycles. The van der Waals surface area contributed by atoms with E-state index < -0.39 is 0 Å². The molecule has 0 spiro atoms. The molecule has 0 atom stereocenters. The van der Waals surface area contributed by atoms with Gasteiger partial charge in [-0.2, -0.15) is 0 Å². The number of amidine groups is 1. The molecular weight excluding hydrogens is 309 g/mol. The van der Waals surface area contributed by atoms with Crippen LogP contribution in [0.4, 0.5) is 0 Å². The van der Waals surface area contributed by atoms with E-state index >= 15 is 0 Å². The minimum Gasteiger partial charge on any atom is -0.409 e. The fraction of sp³-hybridized carbons (Fsp3) is 0.111. The van der Waals surface area contributed by atoms with Gasteiger partial charge in [-0.3, -0.25) is 4.79 Å². The molecule has 1 aromatic rings. The Morgan fingerprint density at radius 2 is 2.20 bits per heavy atom. The number of halogens is 1. The van der Waals surface area contributed by atoms with E-state index in [2.05, 4.69) is 33.1 Å². The summed E-state index contributed by atoms with van der Waals surface area (Å²) in [5.74, 6) is -0.277. The summed E-state index contributed by atoms with van der Waals surface area (Å²) in [7, 11) is 0. The SMILES string of the molecule is N/C(CNC(=O)c1ccccc1I)=N\O. The molecule has 6 heteroatoms. The Balaban J connectivity index is 2.66. The van der Waals surface area contributed by atoms with Gasteiger partial charge in [0, 0.05) is 3.57 Å². The van der Waals surface area contributed by atoms with Gasteiger partial charge in [0.1, 0.15) is 0 Å². The number of benzene rings is 1. The molecule has 80 valence electrons. The second-order valence-corrected chi connectivity index (χ2v) is 3.92. The Kier molecular flexibility index (Phi) is 4.35. The molecule has 15 heavy (non-hydrogen) atoms. The molecule has 0 aromatic heterocycles. The zero-order valence-corrected chi connectivity index (χ0v) is 9.93. The van der Waals surface area contributed by atoms with Crippen LogP contribution in [0.25, 0.3) is 0 Å².